The zero-order chi connectivity index (χ0) is 20.4. The van der Waals surface area contributed by atoms with Gasteiger partial charge in [-0.3, -0.25) is 4.79 Å². The van der Waals surface area contributed by atoms with Crippen molar-refractivity contribution in [3.63, 3.8) is 0 Å². The molecule has 0 aliphatic rings. The van der Waals surface area contributed by atoms with E-state index < -0.39 is 10.0 Å². The van der Waals surface area contributed by atoms with Gasteiger partial charge in [0.2, 0.25) is 10.0 Å². The van der Waals surface area contributed by atoms with E-state index in [1.165, 1.54) is 10.6 Å². The van der Waals surface area contributed by atoms with Crippen molar-refractivity contribution in [3.05, 3.63) is 100 Å². The second-order valence-electron chi connectivity index (χ2n) is 6.83. The molecule has 0 fully saturated rings. The van der Waals surface area contributed by atoms with Crippen molar-refractivity contribution < 1.29 is 12.8 Å². The maximum atomic E-state index is 13.3. The normalized spacial score (nSPS) is 11.9. The minimum Gasteiger partial charge on any atom is -0.468 e. The summed E-state index contributed by atoms with van der Waals surface area (Å²) >= 11 is 0. The lowest BCUT2D eigenvalue weighted by Gasteiger charge is -2.21. The standard InChI is InChI=1S/C22H20N2O4S/c1-16-7-5-8-17-13-18(22(25)23-21(16)17)14-24(15-19-9-6-12-28-19)29(26,27)20-10-3-2-4-11-20/h2-13H,14-15H2,1H3,(H,23,25). The highest BCUT2D eigenvalue weighted by Gasteiger charge is 2.26. The van der Waals surface area contributed by atoms with Crippen molar-refractivity contribution >= 4 is 20.9 Å². The maximum Gasteiger partial charge on any atom is 0.252 e. The first-order chi connectivity index (χ1) is 13.9. The molecular weight excluding hydrogens is 388 g/mol. The second-order valence-corrected chi connectivity index (χ2v) is 8.77. The van der Waals surface area contributed by atoms with E-state index in [1.54, 1.807) is 48.5 Å². The highest BCUT2D eigenvalue weighted by Crippen LogP contribution is 2.22. The lowest BCUT2D eigenvalue weighted by atomic mass is 10.1. The maximum absolute atomic E-state index is 13.3. The summed E-state index contributed by atoms with van der Waals surface area (Å²) in [5, 5.41) is 0.856. The van der Waals surface area contributed by atoms with Crippen LogP contribution in [0.3, 0.4) is 0 Å². The minimum atomic E-state index is -3.83. The number of fused-ring (bicyclic) bond motifs is 1. The Hall–Kier alpha value is -3.16. The van der Waals surface area contributed by atoms with Gasteiger partial charge in [0.05, 0.1) is 23.2 Å². The van der Waals surface area contributed by atoms with E-state index in [1.807, 2.05) is 25.1 Å². The van der Waals surface area contributed by atoms with E-state index in [4.69, 9.17) is 4.42 Å². The number of nitrogens with one attached hydrogen (secondary N) is 1. The van der Waals surface area contributed by atoms with Crippen LogP contribution in [0.4, 0.5) is 0 Å². The van der Waals surface area contributed by atoms with Crippen LogP contribution in [-0.4, -0.2) is 17.7 Å². The zero-order valence-electron chi connectivity index (χ0n) is 15.8. The molecule has 29 heavy (non-hydrogen) atoms. The molecule has 0 aliphatic carbocycles. The Labute approximate surface area is 168 Å². The Morgan fingerprint density at radius 1 is 0.966 bits per heavy atom. The van der Waals surface area contributed by atoms with Gasteiger partial charge in [-0.05, 0) is 48.2 Å². The Kier molecular flexibility index (Phi) is 5.08. The van der Waals surface area contributed by atoms with Crippen LogP contribution in [0.5, 0.6) is 0 Å². The fourth-order valence-corrected chi connectivity index (χ4v) is 4.69. The lowest BCUT2D eigenvalue weighted by Crippen LogP contribution is -2.32. The summed E-state index contributed by atoms with van der Waals surface area (Å²) in [6, 6.07) is 19.1. The SMILES string of the molecule is Cc1cccc2cc(CN(Cc3ccco3)S(=O)(=O)c3ccccc3)c(=O)[nH]c12. The summed E-state index contributed by atoms with van der Waals surface area (Å²) in [5.74, 6) is 0.498. The molecule has 0 saturated carbocycles. The molecule has 0 saturated heterocycles. The van der Waals surface area contributed by atoms with Crippen LogP contribution < -0.4 is 5.56 Å². The highest BCUT2D eigenvalue weighted by molar-refractivity contribution is 7.89. The van der Waals surface area contributed by atoms with Crippen LogP contribution in [0, 0.1) is 6.92 Å². The Balaban J connectivity index is 1.77. The monoisotopic (exact) mass is 408 g/mol. The molecule has 4 rings (SSSR count). The van der Waals surface area contributed by atoms with Crippen molar-refractivity contribution in [1.29, 1.82) is 0 Å². The van der Waals surface area contributed by atoms with E-state index in [-0.39, 0.29) is 23.5 Å². The molecule has 4 aromatic rings. The molecular formula is C22H20N2O4S. The predicted octanol–water partition coefficient (Wildman–Crippen LogP) is 3.82. The molecule has 0 radical (unpaired) electrons. The van der Waals surface area contributed by atoms with Gasteiger partial charge in [-0.2, -0.15) is 4.31 Å². The van der Waals surface area contributed by atoms with Gasteiger partial charge in [-0.15, -0.1) is 0 Å². The number of rotatable bonds is 6. The first-order valence-electron chi connectivity index (χ1n) is 9.14. The summed E-state index contributed by atoms with van der Waals surface area (Å²) in [7, 11) is -3.83. The fraction of sp³-hybridized carbons (Fsp3) is 0.136. The summed E-state index contributed by atoms with van der Waals surface area (Å²) < 4.78 is 33.1. The van der Waals surface area contributed by atoms with Gasteiger partial charge in [0.1, 0.15) is 5.76 Å². The van der Waals surface area contributed by atoms with E-state index in [2.05, 4.69) is 4.98 Å². The number of hydrogen-bond acceptors (Lipinski definition) is 4. The third kappa shape index (κ3) is 3.87. The fourth-order valence-electron chi connectivity index (χ4n) is 3.28. The zero-order valence-corrected chi connectivity index (χ0v) is 16.6. The van der Waals surface area contributed by atoms with Crippen LogP contribution in [0.1, 0.15) is 16.9 Å². The third-order valence-corrected chi connectivity index (χ3v) is 6.61. The predicted molar refractivity (Wildman–Crippen MR) is 111 cm³/mol. The van der Waals surface area contributed by atoms with Crippen molar-refractivity contribution in [2.45, 2.75) is 24.9 Å². The van der Waals surface area contributed by atoms with Gasteiger partial charge < -0.3 is 9.40 Å². The molecule has 7 heteroatoms. The number of furan rings is 1. The first kappa shape index (κ1) is 19.2. The van der Waals surface area contributed by atoms with Crippen molar-refractivity contribution in [2.75, 3.05) is 0 Å². The van der Waals surface area contributed by atoms with E-state index in [0.29, 0.717) is 11.3 Å². The molecule has 2 aromatic carbocycles. The Bertz CT molecular complexity index is 1290. The average molecular weight is 408 g/mol. The largest absolute Gasteiger partial charge is 0.468 e. The number of aromatic amines is 1. The lowest BCUT2D eigenvalue weighted by molar-refractivity contribution is 0.357. The number of nitrogens with zero attached hydrogens (tertiary/aromatic N) is 1. The molecule has 0 atom stereocenters. The van der Waals surface area contributed by atoms with Crippen LogP contribution in [0.2, 0.25) is 0 Å². The molecule has 6 nitrogen and oxygen atoms in total. The quantitative estimate of drug-likeness (QED) is 0.526. The number of para-hydroxylation sites is 1. The molecule has 0 aliphatic heterocycles. The van der Waals surface area contributed by atoms with E-state index in [9.17, 15) is 13.2 Å². The molecule has 0 amide bonds. The molecule has 148 valence electrons. The second kappa shape index (κ2) is 7.69. The van der Waals surface area contributed by atoms with Crippen molar-refractivity contribution in [2.24, 2.45) is 0 Å². The number of hydrogen-bond donors (Lipinski definition) is 1. The van der Waals surface area contributed by atoms with Gasteiger partial charge in [-0.1, -0.05) is 36.4 Å². The van der Waals surface area contributed by atoms with Crippen LogP contribution >= 0.6 is 0 Å². The molecule has 0 unspecified atom stereocenters. The Morgan fingerprint density at radius 2 is 1.76 bits per heavy atom. The van der Waals surface area contributed by atoms with Gasteiger partial charge in [0.25, 0.3) is 5.56 Å². The topological polar surface area (TPSA) is 83.4 Å². The third-order valence-electron chi connectivity index (χ3n) is 4.80. The van der Waals surface area contributed by atoms with Gasteiger partial charge in [0, 0.05) is 12.1 Å². The molecule has 0 spiro atoms. The van der Waals surface area contributed by atoms with Gasteiger partial charge >= 0.3 is 0 Å². The number of pyridine rings is 1. The number of sulfonamides is 1. The smallest absolute Gasteiger partial charge is 0.252 e. The number of benzene rings is 2. The van der Waals surface area contributed by atoms with Crippen LogP contribution in [0.15, 0.2) is 87.1 Å². The molecule has 2 heterocycles. The summed E-state index contributed by atoms with van der Waals surface area (Å²) in [6.45, 7) is 1.87. The van der Waals surface area contributed by atoms with Crippen LogP contribution in [-0.2, 0) is 23.1 Å². The number of H-pyrrole nitrogens is 1. The minimum absolute atomic E-state index is 0.0233. The first-order valence-corrected chi connectivity index (χ1v) is 10.6. The van der Waals surface area contributed by atoms with E-state index in [0.717, 1.165) is 16.5 Å². The average Bonchev–Trinajstić information content (AvgIpc) is 3.23. The number of aryl methyl sites for hydroxylation is 1. The Morgan fingerprint density at radius 3 is 2.48 bits per heavy atom. The van der Waals surface area contributed by atoms with Crippen LogP contribution in [0.25, 0.3) is 10.9 Å². The molecule has 0 bridgehead atoms. The van der Waals surface area contributed by atoms with E-state index >= 15 is 0 Å². The van der Waals surface area contributed by atoms with Gasteiger partial charge in [0.15, 0.2) is 0 Å². The number of aromatic nitrogens is 1. The van der Waals surface area contributed by atoms with Crippen molar-refractivity contribution in [1.82, 2.24) is 9.29 Å². The summed E-state index contributed by atoms with van der Waals surface area (Å²) in [4.78, 5) is 15.7. The highest BCUT2D eigenvalue weighted by atomic mass is 32.2. The van der Waals surface area contributed by atoms with Crippen molar-refractivity contribution in [3.8, 4) is 0 Å². The summed E-state index contributed by atoms with van der Waals surface area (Å²) in [6.07, 6.45) is 1.49. The molecule has 1 N–H and O–H groups in total. The molecule has 2 aromatic heterocycles. The van der Waals surface area contributed by atoms with Gasteiger partial charge in [-0.25, -0.2) is 8.42 Å². The summed E-state index contributed by atoms with van der Waals surface area (Å²) in [5.41, 5.74) is 1.77.